The molecule has 2 aliphatic carbocycles. The highest BCUT2D eigenvalue weighted by molar-refractivity contribution is 6.06. The van der Waals surface area contributed by atoms with Crippen LogP contribution in [0.2, 0.25) is 0 Å². The molecule has 4 aliphatic rings. The molecular weight excluding hydrogens is 453 g/mol. The lowest BCUT2D eigenvalue weighted by atomic mass is 9.69. The number of fused-ring (bicyclic) bond motifs is 7. The summed E-state index contributed by atoms with van der Waals surface area (Å²) in [5, 5.41) is 9.44. The zero-order valence-corrected chi connectivity index (χ0v) is 18.7. The van der Waals surface area contributed by atoms with Gasteiger partial charge in [0.1, 0.15) is 11.5 Å². The molecule has 1 N–H and O–H groups in total. The minimum Gasteiger partial charge on any atom is -0.478 e. The molecule has 0 saturated heterocycles. The average molecular weight is 471 g/mol. The quantitative estimate of drug-likeness (QED) is 0.661. The van der Waals surface area contributed by atoms with Gasteiger partial charge in [0.25, 0.3) is 0 Å². The van der Waals surface area contributed by atoms with E-state index in [4.69, 9.17) is 9.47 Å². The smallest absolute Gasteiger partial charge is 0.339 e. The van der Waals surface area contributed by atoms with E-state index in [0.717, 1.165) is 11.8 Å². The number of hydrogen-bond donors (Lipinski definition) is 1. The van der Waals surface area contributed by atoms with Gasteiger partial charge in [-0.25, -0.2) is 14.0 Å². The summed E-state index contributed by atoms with van der Waals surface area (Å²) in [5.41, 5.74) is 1.15. The van der Waals surface area contributed by atoms with Gasteiger partial charge in [0.05, 0.1) is 17.0 Å². The third-order valence-electron chi connectivity index (χ3n) is 6.83. The normalized spacial score (nSPS) is 23.5. The van der Waals surface area contributed by atoms with Crippen molar-refractivity contribution in [2.45, 2.75) is 5.60 Å². The molecule has 0 aromatic heterocycles. The van der Waals surface area contributed by atoms with Crippen molar-refractivity contribution in [1.82, 2.24) is 0 Å². The molecule has 2 aromatic carbocycles. The number of esters is 1. The zero-order chi connectivity index (χ0) is 24.6. The second-order valence-corrected chi connectivity index (χ2v) is 8.91. The van der Waals surface area contributed by atoms with Crippen LogP contribution < -0.4 is 9.64 Å². The molecule has 2 aromatic rings. The van der Waals surface area contributed by atoms with Crippen molar-refractivity contribution in [3.8, 4) is 5.75 Å². The van der Waals surface area contributed by atoms with Crippen LogP contribution in [0, 0.1) is 5.92 Å². The maximum Gasteiger partial charge on any atom is 0.339 e. The van der Waals surface area contributed by atoms with E-state index >= 15 is 0 Å². The molecule has 0 saturated carbocycles. The standard InChI is InChI=1S/C27H18FNO6/c1-29(2)14-4-8-19-22(12-14)34-24-16-6-10-21(30)23(28)15(16)5-9-20(24)27(19)18-7-3-13(25(31)32)11-17(18)26(33)35-27/h3-12,20H,1-2H3,(H,31,32). The number of nitrogens with zero attached hydrogens (tertiary/aromatic N) is 1. The molecule has 2 unspecified atom stereocenters. The highest BCUT2D eigenvalue weighted by Crippen LogP contribution is 2.58. The lowest BCUT2D eigenvalue weighted by Crippen LogP contribution is -2.43. The fourth-order valence-corrected chi connectivity index (χ4v) is 5.16. The van der Waals surface area contributed by atoms with Crippen LogP contribution in [0.5, 0.6) is 5.75 Å². The third kappa shape index (κ3) is 2.73. The summed E-state index contributed by atoms with van der Waals surface area (Å²) in [5.74, 6) is -3.35. The van der Waals surface area contributed by atoms with Crippen molar-refractivity contribution < 1.29 is 33.4 Å². The van der Waals surface area contributed by atoms with Gasteiger partial charge < -0.3 is 19.5 Å². The Hall–Kier alpha value is -4.46. The number of carboxylic acids is 1. The molecular formula is C27H18FNO6. The van der Waals surface area contributed by atoms with Crippen molar-refractivity contribution in [1.29, 1.82) is 0 Å². The number of benzene rings is 2. The monoisotopic (exact) mass is 471 g/mol. The Morgan fingerprint density at radius 1 is 1.03 bits per heavy atom. The van der Waals surface area contributed by atoms with Crippen LogP contribution in [0.3, 0.4) is 0 Å². The van der Waals surface area contributed by atoms with E-state index in [1.807, 2.05) is 31.1 Å². The Kier molecular flexibility index (Phi) is 4.23. The number of halogens is 1. The molecule has 174 valence electrons. The van der Waals surface area contributed by atoms with Crippen molar-refractivity contribution in [2.24, 2.45) is 5.92 Å². The number of allylic oxidation sites excluding steroid dienone is 6. The van der Waals surface area contributed by atoms with E-state index in [-0.39, 0.29) is 16.7 Å². The zero-order valence-electron chi connectivity index (χ0n) is 18.7. The highest BCUT2D eigenvalue weighted by Gasteiger charge is 2.58. The van der Waals surface area contributed by atoms with Crippen molar-refractivity contribution in [3.63, 3.8) is 0 Å². The summed E-state index contributed by atoms with van der Waals surface area (Å²) < 4.78 is 27.2. The summed E-state index contributed by atoms with van der Waals surface area (Å²) in [6.45, 7) is 0. The number of rotatable bonds is 2. The molecule has 2 atom stereocenters. The van der Waals surface area contributed by atoms with Gasteiger partial charge >= 0.3 is 11.9 Å². The molecule has 2 heterocycles. The Morgan fingerprint density at radius 2 is 1.80 bits per heavy atom. The van der Waals surface area contributed by atoms with Gasteiger partial charge in [-0.2, -0.15) is 0 Å². The predicted molar refractivity (Wildman–Crippen MR) is 123 cm³/mol. The van der Waals surface area contributed by atoms with Crippen LogP contribution in [0.1, 0.15) is 31.8 Å². The second kappa shape index (κ2) is 7.02. The highest BCUT2D eigenvalue weighted by atomic mass is 19.1. The molecule has 1 spiro atoms. The predicted octanol–water partition coefficient (Wildman–Crippen LogP) is 4.06. The number of carbonyl (C=O) groups is 3. The molecule has 0 radical (unpaired) electrons. The van der Waals surface area contributed by atoms with E-state index < -0.39 is 35.1 Å². The number of hydrogen-bond acceptors (Lipinski definition) is 6. The fraction of sp³-hybridized carbons (Fsp3) is 0.148. The molecule has 0 amide bonds. The lowest BCUT2D eigenvalue weighted by Gasteiger charge is -2.43. The number of carbonyl (C=O) groups excluding carboxylic acids is 2. The van der Waals surface area contributed by atoms with E-state index in [9.17, 15) is 23.9 Å². The van der Waals surface area contributed by atoms with Crippen LogP contribution in [0.15, 0.2) is 83.4 Å². The molecule has 35 heavy (non-hydrogen) atoms. The second-order valence-electron chi connectivity index (χ2n) is 8.91. The Bertz CT molecular complexity index is 1510. The van der Waals surface area contributed by atoms with E-state index in [2.05, 4.69) is 0 Å². The topological polar surface area (TPSA) is 93.1 Å². The Labute approximate surface area is 199 Å². The largest absolute Gasteiger partial charge is 0.478 e. The molecule has 0 bridgehead atoms. The molecule has 7 nitrogen and oxygen atoms in total. The first-order valence-corrected chi connectivity index (χ1v) is 10.9. The van der Waals surface area contributed by atoms with E-state index in [0.29, 0.717) is 28.2 Å². The maximum absolute atomic E-state index is 14.7. The van der Waals surface area contributed by atoms with Crippen LogP contribution in [0.4, 0.5) is 10.1 Å². The molecule has 6 rings (SSSR count). The molecule has 8 heteroatoms. The van der Waals surface area contributed by atoms with Gasteiger partial charge in [-0.15, -0.1) is 0 Å². The van der Waals surface area contributed by atoms with Crippen LogP contribution in [-0.4, -0.2) is 36.9 Å². The number of ether oxygens (including phenoxy) is 2. The van der Waals surface area contributed by atoms with E-state index in [1.165, 1.54) is 24.3 Å². The van der Waals surface area contributed by atoms with Gasteiger partial charge in [-0.3, -0.25) is 4.79 Å². The summed E-state index contributed by atoms with van der Waals surface area (Å²) in [6, 6.07) is 9.81. The lowest BCUT2D eigenvalue weighted by molar-refractivity contribution is -0.112. The summed E-state index contributed by atoms with van der Waals surface area (Å²) in [4.78, 5) is 38.5. The number of carboxylic acid groups (broad SMARTS) is 1. The summed E-state index contributed by atoms with van der Waals surface area (Å²) in [6.07, 6.45) is 5.82. The van der Waals surface area contributed by atoms with E-state index in [1.54, 1.807) is 18.2 Å². The number of aromatic carboxylic acids is 1. The van der Waals surface area contributed by atoms with Gasteiger partial charge in [0.15, 0.2) is 11.4 Å². The van der Waals surface area contributed by atoms with Gasteiger partial charge in [0, 0.05) is 48.1 Å². The first-order chi connectivity index (χ1) is 16.7. The van der Waals surface area contributed by atoms with Crippen LogP contribution in [0.25, 0.3) is 0 Å². The molecule has 2 aliphatic heterocycles. The third-order valence-corrected chi connectivity index (χ3v) is 6.83. The van der Waals surface area contributed by atoms with Crippen molar-refractivity contribution in [3.05, 3.63) is 106 Å². The first kappa shape index (κ1) is 21.1. The van der Waals surface area contributed by atoms with Crippen molar-refractivity contribution in [2.75, 3.05) is 19.0 Å². The minimum absolute atomic E-state index is 0.0354. The Morgan fingerprint density at radius 3 is 2.54 bits per heavy atom. The number of anilines is 1. The fourth-order valence-electron chi connectivity index (χ4n) is 5.16. The van der Waals surface area contributed by atoms with Crippen LogP contribution >= 0.6 is 0 Å². The van der Waals surface area contributed by atoms with Crippen LogP contribution in [-0.2, 0) is 15.1 Å². The maximum atomic E-state index is 14.7. The number of ketones is 1. The summed E-state index contributed by atoms with van der Waals surface area (Å²) >= 11 is 0. The first-order valence-electron chi connectivity index (χ1n) is 10.9. The van der Waals surface area contributed by atoms with Crippen molar-refractivity contribution >= 4 is 23.4 Å². The summed E-state index contributed by atoms with van der Waals surface area (Å²) in [7, 11) is 3.75. The van der Waals surface area contributed by atoms with Gasteiger partial charge in [0.2, 0.25) is 5.78 Å². The van der Waals surface area contributed by atoms with Gasteiger partial charge in [-0.1, -0.05) is 18.2 Å². The minimum atomic E-state index is -1.36. The van der Waals surface area contributed by atoms with Gasteiger partial charge in [-0.05, 0) is 36.4 Å². The average Bonchev–Trinajstić information content (AvgIpc) is 3.13. The Balaban J connectivity index is 1.67. The SMILES string of the molecule is CN(C)c1ccc2c(c1)OC1=C3C=CC(=O)C(F)=C3C=CC1C21OC(=O)c2cc(C(=O)O)ccc21. The molecule has 0 fully saturated rings.